The molecule has 0 atom stereocenters. The van der Waals surface area contributed by atoms with Crippen LogP contribution < -0.4 is 10.5 Å². The Kier molecular flexibility index (Phi) is 4.44. The molecule has 0 aliphatic rings. The first-order chi connectivity index (χ1) is 11.5. The van der Waals surface area contributed by atoms with Crippen LogP contribution in [0.5, 0.6) is 5.75 Å². The number of halogens is 1. The van der Waals surface area contributed by atoms with Gasteiger partial charge in [-0.25, -0.2) is 4.79 Å². The topological polar surface area (TPSA) is 61.4 Å². The van der Waals surface area contributed by atoms with E-state index in [4.69, 9.17) is 20.8 Å². The zero-order valence-electron chi connectivity index (χ0n) is 13.3. The molecule has 2 aromatic carbocycles. The summed E-state index contributed by atoms with van der Waals surface area (Å²) in [7, 11) is 0. The van der Waals surface area contributed by atoms with Crippen LogP contribution >= 0.6 is 11.6 Å². The largest absolute Gasteiger partial charge is 0.494 e. The van der Waals surface area contributed by atoms with Gasteiger partial charge in [0.05, 0.1) is 18.7 Å². The number of hydrogen-bond acceptors (Lipinski definition) is 4. The highest BCUT2D eigenvalue weighted by molar-refractivity contribution is 6.31. The molecule has 0 bridgehead atoms. The van der Waals surface area contributed by atoms with E-state index in [-0.39, 0.29) is 12.3 Å². The second-order valence-corrected chi connectivity index (χ2v) is 5.81. The number of ether oxygens (including phenoxy) is 1. The minimum atomic E-state index is -0.483. The van der Waals surface area contributed by atoms with Gasteiger partial charge in [-0.05, 0) is 44.2 Å². The van der Waals surface area contributed by atoms with Gasteiger partial charge in [-0.3, -0.25) is 9.36 Å². The predicted molar refractivity (Wildman–Crippen MR) is 92.2 cm³/mol. The van der Waals surface area contributed by atoms with Crippen molar-refractivity contribution in [3.63, 3.8) is 0 Å². The predicted octanol–water partition coefficient (Wildman–Crippen LogP) is 3.90. The number of carbonyl (C=O) groups excluding carboxylic acids is 1. The van der Waals surface area contributed by atoms with Gasteiger partial charge in [0.15, 0.2) is 11.4 Å². The number of rotatable bonds is 5. The molecule has 0 unspecified atom stereocenters. The number of oxazole rings is 1. The Morgan fingerprint density at radius 2 is 2.04 bits per heavy atom. The minimum Gasteiger partial charge on any atom is -0.494 e. The van der Waals surface area contributed by atoms with E-state index in [1.54, 1.807) is 36.4 Å². The molecular formula is C18H16ClNO4. The van der Waals surface area contributed by atoms with Crippen LogP contribution in [0.3, 0.4) is 0 Å². The van der Waals surface area contributed by atoms with Gasteiger partial charge in [-0.1, -0.05) is 11.6 Å². The van der Waals surface area contributed by atoms with E-state index in [0.717, 1.165) is 5.56 Å². The van der Waals surface area contributed by atoms with E-state index in [1.807, 2.05) is 6.92 Å². The van der Waals surface area contributed by atoms with E-state index in [0.29, 0.717) is 34.0 Å². The molecule has 5 nitrogen and oxygen atoms in total. The van der Waals surface area contributed by atoms with E-state index in [9.17, 15) is 9.59 Å². The first-order valence-corrected chi connectivity index (χ1v) is 7.93. The first kappa shape index (κ1) is 16.3. The van der Waals surface area contributed by atoms with E-state index in [1.165, 1.54) is 11.5 Å². The molecule has 0 fully saturated rings. The normalized spacial score (nSPS) is 11.0. The molecule has 3 rings (SSSR count). The maximum atomic E-state index is 12.2. The molecule has 0 radical (unpaired) electrons. The van der Waals surface area contributed by atoms with Crippen molar-refractivity contribution in [2.45, 2.75) is 20.4 Å². The van der Waals surface area contributed by atoms with Crippen molar-refractivity contribution in [2.75, 3.05) is 6.61 Å². The average Bonchev–Trinajstić information content (AvgIpc) is 2.84. The van der Waals surface area contributed by atoms with Gasteiger partial charge >= 0.3 is 5.76 Å². The fourth-order valence-corrected chi connectivity index (χ4v) is 2.74. The van der Waals surface area contributed by atoms with Gasteiger partial charge in [0.2, 0.25) is 0 Å². The molecular weight excluding hydrogens is 330 g/mol. The maximum absolute atomic E-state index is 12.2. The highest BCUT2D eigenvalue weighted by Gasteiger charge is 2.14. The summed E-state index contributed by atoms with van der Waals surface area (Å²) in [5.41, 5.74) is 2.37. The Balaban J connectivity index is 2.10. The van der Waals surface area contributed by atoms with Crippen molar-refractivity contribution in [3.8, 4) is 5.75 Å². The molecule has 24 heavy (non-hydrogen) atoms. The Labute approximate surface area is 143 Å². The van der Waals surface area contributed by atoms with Crippen LogP contribution in [0.25, 0.3) is 11.1 Å². The van der Waals surface area contributed by atoms with Gasteiger partial charge in [-0.2, -0.15) is 0 Å². The second-order valence-electron chi connectivity index (χ2n) is 5.38. The number of Topliss-reactive ketones (excluding diaryl/α,β-unsaturated/α-hetero) is 1. The van der Waals surface area contributed by atoms with Gasteiger partial charge < -0.3 is 9.15 Å². The van der Waals surface area contributed by atoms with E-state index in [2.05, 4.69) is 0 Å². The lowest BCUT2D eigenvalue weighted by atomic mass is 10.1. The molecule has 0 amide bonds. The van der Waals surface area contributed by atoms with Crippen LogP contribution in [0.4, 0.5) is 0 Å². The number of nitrogens with zero attached hydrogens (tertiary/aromatic N) is 1. The first-order valence-electron chi connectivity index (χ1n) is 7.55. The Bertz CT molecular complexity index is 971. The van der Waals surface area contributed by atoms with Crippen LogP contribution in [0.15, 0.2) is 45.6 Å². The number of benzene rings is 2. The summed E-state index contributed by atoms with van der Waals surface area (Å²) in [4.78, 5) is 23.8. The maximum Gasteiger partial charge on any atom is 0.420 e. The number of ketones is 1. The van der Waals surface area contributed by atoms with E-state index >= 15 is 0 Å². The molecule has 6 heteroatoms. The smallest absolute Gasteiger partial charge is 0.420 e. The lowest BCUT2D eigenvalue weighted by molar-refractivity contribution is 0.101. The quantitative estimate of drug-likeness (QED) is 0.658. The van der Waals surface area contributed by atoms with Crippen molar-refractivity contribution >= 4 is 28.5 Å². The zero-order valence-corrected chi connectivity index (χ0v) is 14.1. The Hall–Kier alpha value is -2.53. The van der Waals surface area contributed by atoms with Crippen molar-refractivity contribution in [2.24, 2.45) is 0 Å². The van der Waals surface area contributed by atoms with Gasteiger partial charge in [0.1, 0.15) is 5.75 Å². The number of aromatic nitrogens is 1. The summed E-state index contributed by atoms with van der Waals surface area (Å²) < 4.78 is 12.4. The number of carbonyl (C=O) groups is 1. The monoisotopic (exact) mass is 345 g/mol. The standard InChI is InChI=1S/C18H16ClNO4/c1-3-23-16-7-4-12(11(2)21)8-13(16)10-20-15-6-5-14(19)9-17(15)24-18(20)22/h4-9H,3,10H2,1-2H3. The average molecular weight is 346 g/mol. The summed E-state index contributed by atoms with van der Waals surface area (Å²) >= 11 is 5.93. The third-order valence-corrected chi connectivity index (χ3v) is 3.96. The SMILES string of the molecule is CCOc1ccc(C(C)=O)cc1Cn1c(=O)oc2cc(Cl)ccc21. The third kappa shape index (κ3) is 3.08. The van der Waals surface area contributed by atoms with Crippen LogP contribution in [0, 0.1) is 0 Å². The molecule has 0 N–H and O–H groups in total. The minimum absolute atomic E-state index is 0.0459. The van der Waals surface area contributed by atoms with Gasteiger partial charge in [-0.15, -0.1) is 0 Å². The highest BCUT2D eigenvalue weighted by atomic mass is 35.5. The molecule has 1 heterocycles. The van der Waals surface area contributed by atoms with Crippen LogP contribution in [0.1, 0.15) is 29.8 Å². The lowest BCUT2D eigenvalue weighted by Gasteiger charge is -2.12. The Morgan fingerprint density at radius 3 is 2.75 bits per heavy atom. The number of hydrogen-bond donors (Lipinski definition) is 0. The molecule has 3 aromatic rings. The zero-order chi connectivity index (χ0) is 17.3. The summed E-state index contributed by atoms with van der Waals surface area (Å²) in [5, 5.41) is 0.497. The van der Waals surface area contributed by atoms with Crippen molar-refractivity contribution in [1.29, 1.82) is 0 Å². The van der Waals surface area contributed by atoms with Crippen molar-refractivity contribution < 1.29 is 13.9 Å². The second kappa shape index (κ2) is 6.53. The third-order valence-electron chi connectivity index (χ3n) is 3.73. The van der Waals surface area contributed by atoms with Crippen LogP contribution in [-0.2, 0) is 6.54 Å². The molecule has 124 valence electrons. The molecule has 0 saturated heterocycles. The molecule has 1 aromatic heterocycles. The molecule has 0 saturated carbocycles. The fourth-order valence-electron chi connectivity index (χ4n) is 2.58. The molecule has 0 aliphatic heterocycles. The van der Waals surface area contributed by atoms with Gasteiger partial charge in [0, 0.05) is 22.2 Å². The van der Waals surface area contributed by atoms with Crippen LogP contribution in [0.2, 0.25) is 5.02 Å². The summed E-state index contributed by atoms with van der Waals surface area (Å²) in [6.45, 7) is 4.11. The van der Waals surface area contributed by atoms with Crippen molar-refractivity contribution in [3.05, 3.63) is 63.1 Å². The summed E-state index contributed by atoms with van der Waals surface area (Å²) in [6.07, 6.45) is 0. The highest BCUT2D eigenvalue weighted by Crippen LogP contribution is 2.24. The summed E-state index contributed by atoms with van der Waals surface area (Å²) in [6, 6.07) is 10.2. The molecule has 0 spiro atoms. The van der Waals surface area contributed by atoms with Crippen LogP contribution in [-0.4, -0.2) is 17.0 Å². The van der Waals surface area contributed by atoms with Gasteiger partial charge in [0.25, 0.3) is 0 Å². The fraction of sp³-hybridized carbons (Fsp3) is 0.222. The number of fused-ring (bicyclic) bond motifs is 1. The van der Waals surface area contributed by atoms with E-state index < -0.39 is 5.76 Å². The Morgan fingerprint density at radius 1 is 1.25 bits per heavy atom. The summed E-state index contributed by atoms with van der Waals surface area (Å²) in [5.74, 6) is 0.108. The molecule has 0 aliphatic carbocycles. The lowest BCUT2D eigenvalue weighted by Crippen LogP contribution is -2.16. The van der Waals surface area contributed by atoms with Crippen molar-refractivity contribution in [1.82, 2.24) is 4.57 Å².